The van der Waals surface area contributed by atoms with Gasteiger partial charge in [0, 0.05) is 5.56 Å². The Hall–Kier alpha value is -2.03. The van der Waals surface area contributed by atoms with E-state index >= 15 is 0 Å². The highest BCUT2D eigenvalue weighted by molar-refractivity contribution is 6.16. The van der Waals surface area contributed by atoms with Crippen molar-refractivity contribution in [3.63, 3.8) is 0 Å². The van der Waals surface area contributed by atoms with Crippen molar-refractivity contribution >= 4 is 17.6 Å². The van der Waals surface area contributed by atoms with Gasteiger partial charge in [0.2, 0.25) is 0 Å². The average molecular weight is 260 g/mol. The summed E-state index contributed by atoms with van der Waals surface area (Å²) < 4.78 is 5.23. The number of carboxylic acids is 1. The van der Waals surface area contributed by atoms with E-state index < -0.39 is 5.97 Å². The first kappa shape index (κ1) is 15.0. The van der Waals surface area contributed by atoms with Crippen molar-refractivity contribution in [2.45, 2.75) is 20.3 Å². The van der Waals surface area contributed by atoms with Crippen LogP contribution in [0.4, 0.5) is 0 Å². The van der Waals surface area contributed by atoms with E-state index in [1.165, 1.54) is 7.11 Å². The van der Waals surface area contributed by atoms with Gasteiger partial charge in [0.15, 0.2) is 0 Å². The first-order valence-corrected chi connectivity index (χ1v) is 6.29. The smallest absolute Gasteiger partial charge is 0.335 e. The van der Waals surface area contributed by atoms with Gasteiger partial charge in [0.05, 0.1) is 12.7 Å². The van der Waals surface area contributed by atoms with Gasteiger partial charge < -0.3 is 9.84 Å². The molecule has 0 aliphatic carbocycles. The molecule has 0 saturated carbocycles. The minimum atomic E-state index is -1.04. The zero-order valence-electron chi connectivity index (χ0n) is 11.6. The summed E-state index contributed by atoms with van der Waals surface area (Å²) in [5.74, 6) is -0.0708. The zero-order valence-corrected chi connectivity index (χ0v) is 11.6. The van der Waals surface area contributed by atoms with Crippen LogP contribution in [0.5, 0.6) is 5.75 Å². The summed E-state index contributed by atoms with van der Waals surface area (Å²) in [6, 6.07) is 5.45. The number of carboxylic acid groups (broad SMARTS) is 1. The summed E-state index contributed by atoms with van der Waals surface area (Å²) in [5, 5.41) is 9.12. The fourth-order valence-electron chi connectivity index (χ4n) is 1.69. The topological polar surface area (TPSA) is 46.5 Å². The highest BCUT2D eigenvalue weighted by Crippen LogP contribution is 2.30. The Bertz CT molecular complexity index is 501. The minimum absolute atomic E-state index is 0.0428. The molecule has 1 aromatic carbocycles. The van der Waals surface area contributed by atoms with Crippen molar-refractivity contribution < 1.29 is 14.6 Å². The van der Waals surface area contributed by atoms with Crippen LogP contribution in [0.15, 0.2) is 30.9 Å². The quantitative estimate of drug-likeness (QED) is 0.790. The molecule has 1 N–H and O–H groups in total. The molecular weight excluding hydrogens is 240 g/mol. The monoisotopic (exact) mass is 260 g/mol. The van der Waals surface area contributed by atoms with Crippen LogP contribution in [0.1, 0.15) is 31.4 Å². The van der Waals surface area contributed by atoms with E-state index in [2.05, 4.69) is 26.5 Å². The third kappa shape index (κ3) is 3.71. The lowest BCUT2D eigenvalue weighted by atomic mass is 9.97. The molecule has 0 radical (unpaired) electrons. The Morgan fingerprint density at radius 2 is 2.21 bits per heavy atom. The molecule has 1 rings (SSSR count). The molecule has 3 nitrogen and oxygen atoms in total. The Morgan fingerprint density at radius 3 is 2.74 bits per heavy atom. The Labute approximate surface area is 114 Å². The van der Waals surface area contributed by atoms with Crippen molar-refractivity contribution in [3.05, 3.63) is 42.0 Å². The van der Waals surface area contributed by atoms with E-state index in [0.29, 0.717) is 17.2 Å². The van der Waals surface area contributed by atoms with Crippen LogP contribution in [0.3, 0.4) is 0 Å². The SMILES string of the molecule is C=C(C(=O)O)c1c(C=CC(C)CC)cccc1OC. The Morgan fingerprint density at radius 1 is 1.53 bits per heavy atom. The predicted molar refractivity (Wildman–Crippen MR) is 78.2 cm³/mol. The van der Waals surface area contributed by atoms with E-state index in [1.807, 2.05) is 18.2 Å². The van der Waals surface area contributed by atoms with Gasteiger partial charge >= 0.3 is 5.97 Å². The lowest BCUT2D eigenvalue weighted by molar-refractivity contribution is -0.130. The first-order valence-electron chi connectivity index (χ1n) is 6.29. The van der Waals surface area contributed by atoms with Gasteiger partial charge in [0.1, 0.15) is 5.75 Å². The van der Waals surface area contributed by atoms with Crippen LogP contribution < -0.4 is 4.74 Å². The minimum Gasteiger partial charge on any atom is -0.496 e. The lowest BCUT2D eigenvalue weighted by Crippen LogP contribution is -2.02. The Balaban J connectivity index is 3.27. The number of hydrogen-bond donors (Lipinski definition) is 1. The van der Waals surface area contributed by atoms with Gasteiger partial charge in [-0.1, -0.05) is 51.1 Å². The summed E-state index contributed by atoms with van der Waals surface area (Å²) in [5.41, 5.74) is 1.39. The van der Waals surface area contributed by atoms with Gasteiger partial charge in [-0.2, -0.15) is 0 Å². The second kappa shape index (κ2) is 6.78. The molecule has 0 aliphatic rings. The maximum atomic E-state index is 11.1. The summed E-state index contributed by atoms with van der Waals surface area (Å²) in [7, 11) is 1.52. The van der Waals surface area contributed by atoms with Crippen molar-refractivity contribution in [1.29, 1.82) is 0 Å². The number of aliphatic carboxylic acids is 1. The third-order valence-electron chi connectivity index (χ3n) is 3.09. The maximum absolute atomic E-state index is 11.1. The van der Waals surface area contributed by atoms with Gasteiger partial charge in [-0.15, -0.1) is 0 Å². The van der Waals surface area contributed by atoms with Crippen LogP contribution in [0.2, 0.25) is 0 Å². The van der Waals surface area contributed by atoms with Crippen molar-refractivity contribution in [2.75, 3.05) is 7.11 Å². The van der Waals surface area contributed by atoms with Gasteiger partial charge in [-0.05, 0) is 17.5 Å². The summed E-state index contributed by atoms with van der Waals surface area (Å²) >= 11 is 0. The van der Waals surface area contributed by atoms with Crippen LogP contribution >= 0.6 is 0 Å². The van der Waals surface area contributed by atoms with Gasteiger partial charge in [-0.25, -0.2) is 4.79 Å². The van der Waals surface area contributed by atoms with E-state index in [1.54, 1.807) is 6.07 Å². The molecule has 0 fully saturated rings. The second-order valence-electron chi connectivity index (χ2n) is 4.45. The van der Waals surface area contributed by atoms with E-state index in [-0.39, 0.29) is 5.57 Å². The summed E-state index contributed by atoms with van der Waals surface area (Å²) in [6.07, 6.45) is 5.03. The van der Waals surface area contributed by atoms with Crippen molar-refractivity contribution in [3.8, 4) is 5.75 Å². The van der Waals surface area contributed by atoms with Gasteiger partial charge in [0.25, 0.3) is 0 Å². The van der Waals surface area contributed by atoms with Gasteiger partial charge in [-0.3, -0.25) is 0 Å². The molecular formula is C16H20O3. The van der Waals surface area contributed by atoms with Crippen molar-refractivity contribution in [2.24, 2.45) is 5.92 Å². The Kier molecular flexibility index (Phi) is 5.37. The van der Waals surface area contributed by atoms with E-state index in [9.17, 15) is 4.79 Å². The van der Waals surface area contributed by atoms with E-state index in [0.717, 1.165) is 12.0 Å². The fourth-order valence-corrected chi connectivity index (χ4v) is 1.69. The molecule has 0 bridgehead atoms. The average Bonchev–Trinajstić information content (AvgIpc) is 2.43. The number of allylic oxidation sites excluding steroid dienone is 1. The second-order valence-corrected chi connectivity index (χ2v) is 4.45. The largest absolute Gasteiger partial charge is 0.496 e. The van der Waals surface area contributed by atoms with Crippen molar-refractivity contribution in [1.82, 2.24) is 0 Å². The standard InChI is InChI=1S/C16H20O3/c1-5-11(2)9-10-13-7-6-8-14(19-4)15(13)12(3)16(17)18/h6-11H,3,5H2,1-2,4H3,(H,17,18). The molecule has 0 amide bonds. The molecule has 0 spiro atoms. The molecule has 0 aliphatic heterocycles. The highest BCUT2D eigenvalue weighted by atomic mass is 16.5. The number of rotatable bonds is 6. The van der Waals surface area contributed by atoms with Crippen LogP contribution in [-0.2, 0) is 4.79 Å². The number of carbonyl (C=O) groups is 1. The fraction of sp³-hybridized carbons (Fsp3) is 0.312. The zero-order chi connectivity index (χ0) is 14.4. The first-order chi connectivity index (χ1) is 9.01. The number of ether oxygens (including phenoxy) is 1. The summed E-state index contributed by atoms with van der Waals surface area (Å²) in [4.78, 5) is 11.1. The number of methoxy groups -OCH3 is 1. The van der Waals surface area contributed by atoms with Crippen LogP contribution in [0.25, 0.3) is 11.6 Å². The normalized spacial score (nSPS) is 12.4. The third-order valence-corrected chi connectivity index (χ3v) is 3.09. The molecule has 0 aromatic heterocycles. The number of hydrogen-bond acceptors (Lipinski definition) is 2. The predicted octanol–water partition coefficient (Wildman–Crippen LogP) is 3.85. The number of benzene rings is 1. The van der Waals surface area contributed by atoms with Crippen LogP contribution in [-0.4, -0.2) is 18.2 Å². The molecule has 0 heterocycles. The lowest BCUT2D eigenvalue weighted by Gasteiger charge is -2.12. The molecule has 102 valence electrons. The molecule has 3 heteroatoms. The van der Waals surface area contributed by atoms with Crippen LogP contribution in [0, 0.1) is 5.92 Å². The highest BCUT2D eigenvalue weighted by Gasteiger charge is 2.16. The summed E-state index contributed by atoms with van der Waals surface area (Å²) in [6.45, 7) is 7.85. The molecule has 1 unspecified atom stereocenters. The maximum Gasteiger partial charge on any atom is 0.335 e. The molecule has 1 atom stereocenters. The molecule has 0 saturated heterocycles. The molecule has 1 aromatic rings. The molecule has 19 heavy (non-hydrogen) atoms. The van der Waals surface area contributed by atoms with E-state index in [4.69, 9.17) is 9.84 Å².